The Hall–Kier alpha value is -1.53. The molecule has 1 aliphatic heterocycles. The standard InChI is InChI=1S/C15H18N2O3S/c1-10(2)15(19)8-17(9-15)13(18)7-21-14-16-11-5-3-4-6-12(11)20-14/h3-6,10,19H,7-9H2,1-2H3. The molecule has 1 saturated heterocycles. The van der Waals surface area contributed by atoms with Crippen LogP contribution in [0, 0.1) is 5.92 Å². The smallest absolute Gasteiger partial charge is 0.257 e. The summed E-state index contributed by atoms with van der Waals surface area (Å²) in [5, 5.41) is 10.7. The molecule has 3 rings (SSSR count). The number of carbonyl (C=O) groups is 1. The molecule has 2 aromatic rings. The van der Waals surface area contributed by atoms with E-state index < -0.39 is 5.60 Å². The molecule has 5 nitrogen and oxygen atoms in total. The Bertz CT molecular complexity index is 629. The van der Waals surface area contributed by atoms with Crippen LogP contribution in [0.25, 0.3) is 11.1 Å². The van der Waals surface area contributed by atoms with Crippen molar-refractivity contribution in [3.05, 3.63) is 24.3 Å². The van der Waals surface area contributed by atoms with Crippen molar-refractivity contribution in [2.24, 2.45) is 5.92 Å². The van der Waals surface area contributed by atoms with Crippen molar-refractivity contribution in [1.82, 2.24) is 9.88 Å². The molecule has 0 radical (unpaired) electrons. The average molecular weight is 306 g/mol. The lowest BCUT2D eigenvalue weighted by Gasteiger charge is -2.49. The molecular weight excluding hydrogens is 288 g/mol. The molecule has 21 heavy (non-hydrogen) atoms. The predicted octanol–water partition coefficient (Wildman–Crippen LogP) is 2.15. The van der Waals surface area contributed by atoms with Gasteiger partial charge in [-0.05, 0) is 18.1 Å². The summed E-state index contributed by atoms with van der Waals surface area (Å²) in [5.41, 5.74) is 0.800. The van der Waals surface area contributed by atoms with Crippen LogP contribution in [-0.4, -0.2) is 45.3 Å². The minimum absolute atomic E-state index is 0.00702. The van der Waals surface area contributed by atoms with Crippen molar-refractivity contribution in [2.45, 2.75) is 24.7 Å². The molecule has 1 fully saturated rings. The second kappa shape index (κ2) is 5.35. The van der Waals surface area contributed by atoms with Crippen LogP contribution in [0.4, 0.5) is 0 Å². The minimum atomic E-state index is -0.724. The molecule has 0 unspecified atom stereocenters. The number of aliphatic hydroxyl groups is 1. The number of carbonyl (C=O) groups excluding carboxylic acids is 1. The van der Waals surface area contributed by atoms with Gasteiger partial charge in [0.2, 0.25) is 5.91 Å². The molecular formula is C15H18N2O3S. The number of hydrogen-bond acceptors (Lipinski definition) is 5. The van der Waals surface area contributed by atoms with E-state index in [4.69, 9.17) is 4.42 Å². The van der Waals surface area contributed by atoms with Gasteiger partial charge >= 0.3 is 0 Å². The first kappa shape index (κ1) is 14.4. The van der Waals surface area contributed by atoms with Crippen molar-refractivity contribution in [2.75, 3.05) is 18.8 Å². The lowest BCUT2D eigenvalue weighted by Crippen LogP contribution is -2.66. The number of rotatable bonds is 4. The van der Waals surface area contributed by atoms with Crippen LogP contribution in [0.2, 0.25) is 0 Å². The number of hydrogen-bond donors (Lipinski definition) is 1. The quantitative estimate of drug-likeness (QED) is 0.877. The highest BCUT2D eigenvalue weighted by atomic mass is 32.2. The Balaban J connectivity index is 1.55. The number of thioether (sulfide) groups is 1. The zero-order chi connectivity index (χ0) is 15.0. The second-order valence-corrected chi connectivity index (χ2v) is 6.67. The summed E-state index contributed by atoms with van der Waals surface area (Å²) in [6.07, 6.45) is 0. The first-order valence-electron chi connectivity index (χ1n) is 6.96. The molecule has 0 spiro atoms. The molecule has 1 aromatic heterocycles. The first-order chi connectivity index (χ1) is 9.98. The molecule has 0 aliphatic carbocycles. The van der Waals surface area contributed by atoms with Gasteiger partial charge in [0, 0.05) is 0 Å². The summed E-state index contributed by atoms with van der Waals surface area (Å²) < 4.78 is 5.56. The van der Waals surface area contributed by atoms with Crippen LogP contribution in [-0.2, 0) is 4.79 Å². The number of nitrogens with zero attached hydrogens (tertiary/aromatic N) is 2. The molecule has 0 atom stereocenters. The number of amides is 1. The number of benzene rings is 1. The third-order valence-electron chi connectivity index (χ3n) is 3.95. The highest BCUT2D eigenvalue weighted by molar-refractivity contribution is 7.99. The summed E-state index contributed by atoms with van der Waals surface area (Å²) in [6.45, 7) is 4.76. The molecule has 0 bridgehead atoms. The number of para-hydroxylation sites is 2. The first-order valence-corrected chi connectivity index (χ1v) is 7.95. The average Bonchev–Trinajstić information content (AvgIpc) is 2.83. The van der Waals surface area contributed by atoms with Crippen molar-refractivity contribution < 1.29 is 14.3 Å². The van der Waals surface area contributed by atoms with Gasteiger partial charge in [-0.2, -0.15) is 0 Å². The Labute approximate surface area is 127 Å². The number of likely N-dealkylation sites (tertiary alicyclic amines) is 1. The molecule has 0 saturated carbocycles. The van der Waals surface area contributed by atoms with Crippen LogP contribution in [0.1, 0.15) is 13.8 Å². The van der Waals surface area contributed by atoms with Crippen LogP contribution in [0.5, 0.6) is 0 Å². The fraction of sp³-hybridized carbons (Fsp3) is 0.467. The Morgan fingerprint density at radius 3 is 2.86 bits per heavy atom. The van der Waals surface area contributed by atoms with E-state index in [0.29, 0.717) is 18.3 Å². The molecule has 6 heteroatoms. The summed E-state index contributed by atoms with van der Waals surface area (Å²) in [7, 11) is 0. The number of aromatic nitrogens is 1. The van der Waals surface area contributed by atoms with Crippen LogP contribution in [0.15, 0.2) is 33.9 Å². The van der Waals surface area contributed by atoms with Crippen LogP contribution >= 0.6 is 11.8 Å². The van der Waals surface area contributed by atoms with Gasteiger partial charge in [-0.3, -0.25) is 4.79 Å². The van der Waals surface area contributed by atoms with E-state index in [9.17, 15) is 9.90 Å². The number of oxazole rings is 1. The van der Waals surface area contributed by atoms with Gasteiger partial charge in [0.1, 0.15) is 11.1 Å². The predicted molar refractivity (Wildman–Crippen MR) is 81.1 cm³/mol. The lowest BCUT2D eigenvalue weighted by molar-refractivity contribution is -0.161. The number of fused-ring (bicyclic) bond motifs is 1. The highest BCUT2D eigenvalue weighted by Gasteiger charge is 2.45. The van der Waals surface area contributed by atoms with Crippen molar-refractivity contribution in [1.29, 1.82) is 0 Å². The van der Waals surface area contributed by atoms with E-state index in [-0.39, 0.29) is 17.6 Å². The third-order valence-corrected chi connectivity index (χ3v) is 4.76. The minimum Gasteiger partial charge on any atom is -0.431 e. The maximum atomic E-state index is 12.0. The maximum Gasteiger partial charge on any atom is 0.257 e. The zero-order valence-electron chi connectivity index (χ0n) is 12.1. The van der Waals surface area contributed by atoms with E-state index in [1.165, 1.54) is 11.8 Å². The molecule has 112 valence electrons. The third kappa shape index (κ3) is 2.78. The van der Waals surface area contributed by atoms with E-state index in [1.54, 1.807) is 4.90 Å². The summed E-state index contributed by atoms with van der Waals surface area (Å²) >= 11 is 1.29. The van der Waals surface area contributed by atoms with E-state index in [2.05, 4.69) is 4.98 Å². The van der Waals surface area contributed by atoms with Gasteiger partial charge in [0.25, 0.3) is 5.22 Å². The largest absolute Gasteiger partial charge is 0.431 e. The van der Waals surface area contributed by atoms with Gasteiger partial charge < -0.3 is 14.4 Å². The Morgan fingerprint density at radius 1 is 1.48 bits per heavy atom. The van der Waals surface area contributed by atoms with Gasteiger partial charge in [0.05, 0.1) is 18.8 Å². The van der Waals surface area contributed by atoms with E-state index in [1.807, 2.05) is 38.1 Å². The monoisotopic (exact) mass is 306 g/mol. The van der Waals surface area contributed by atoms with E-state index >= 15 is 0 Å². The maximum absolute atomic E-state index is 12.0. The lowest BCUT2D eigenvalue weighted by atomic mass is 9.83. The zero-order valence-corrected chi connectivity index (χ0v) is 12.9. The number of β-amino-alcohol motifs (C(OH)–C–C–N with tert-alkyl or cyclic N) is 1. The SMILES string of the molecule is CC(C)C1(O)CN(C(=O)CSc2nc3ccccc3o2)C1. The van der Waals surface area contributed by atoms with E-state index in [0.717, 1.165) is 11.1 Å². The summed E-state index contributed by atoms with van der Waals surface area (Å²) in [6, 6.07) is 7.52. The second-order valence-electron chi connectivity index (χ2n) is 5.74. The Kier molecular flexibility index (Phi) is 3.67. The molecule has 1 aromatic carbocycles. The van der Waals surface area contributed by atoms with Gasteiger partial charge in [0.15, 0.2) is 5.58 Å². The van der Waals surface area contributed by atoms with Gasteiger partial charge in [-0.25, -0.2) is 4.98 Å². The van der Waals surface area contributed by atoms with Crippen LogP contribution < -0.4 is 0 Å². The van der Waals surface area contributed by atoms with Crippen molar-refractivity contribution in [3.8, 4) is 0 Å². The molecule has 1 amide bonds. The summed E-state index contributed by atoms with van der Waals surface area (Å²) in [5.74, 6) is 0.444. The van der Waals surface area contributed by atoms with Crippen molar-refractivity contribution in [3.63, 3.8) is 0 Å². The molecule has 2 heterocycles. The molecule has 1 aliphatic rings. The highest BCUT2D eigenvalue weighted by Crippen LogP contribution is 2.30. The van der Waals surface area contributed by atoms with Crippen LogP contribution in [0.3, 0.4) is 0 Å². The van der Waals surface area contributed by atoms with Crippen molar-refractivity contribution >= 4 is 28.8 Å². The van der Waals surface area contributed by atoms with Gasteiger partial charge in [-0.15, -0.1) is 0 Å². The van der Waals surface area contributed by atoms with Gasteiger partial charge in [-0.1, -0.05) is 37.7 Å². The fourth-order valence-corrected chi connectivity index (χ4v) is 3.02. The normalized spacial score (nSPS) is 17.2. The molecule has 1 N–H and O–H groups in total. The fourth-order valence-electron chi connectivity index (χ4n) is 2.28. The summed E-state index contributed by atoms with van der Waals surface area (Å²) in [4.78, 5) is 18.0. The topological polar surface area (TPSA) is 66.6 Å². The Morgan fingerprint density at radius 2 is 2.19 bits per heavy atom.